The van der Waals surface area contributed by atoms with Crippen molar-refractivity contribution in [1.82, 2.24) is 0 Å². The predicted octanol–water partition coefficient (Wildman–Crippen LogP) is 19.8. The number of halogens is 8. The van der Waals surface area contributed by atoms with E-state index in [-0.39, 0.29) is 21.4 Å². The number of nitrogen functional groups attached to an aromatic ring is 2. The first-order valence-electron chi connectivity index (χ1n) is 20.7. The molecule has 0 spiro atoms. The Labute approximate surface area is 452 Å². The van der Waals surface area contributed by atoms with Gasteiger partial charge in [0.1, 0.15) is 0 Å². The van der Waals surface area contributed by atoms with Crippen molar-refractivity contribution >= 4 is 139 Å². The fourth-order valence-electron chi connectivity index (χ4n) is 7.75. The third-order valence-corrected chi connectivity index (χ3v) is 16.4. The average Bonchev–Trinajstić information content (AvgIpc) is 3.29. The Kier molecular flexibility index (Phi) is 16.9. The number of anilines is 2. The molecule has 0 aliphatic carbocycles. The third-order valence-electron chi connectivity index (χ3n) is 11.3. The lowest BCUT2D eigenvalue weighted by molar-refractivity contribution is -0.385. The van der Waals surface area contributed by atoms with E-state index in [4.69, 9.17) is 104 Å². The highest BCUT2D eigenvalue weighted by molar-refractivity contribution is 7.99. The van der Waals surface area contributed by atoms with Gasteiger partial charge in [-0.15, -0.1) is 0 Å². The van der Waals surface area contributed by atoms with Crippen molar-refractivity contribution in [3.05, 3.63) is 204 Å². The molecular weight excluding hydrogens is 1090 g/mol. The molecule has 0 bridgehead atoms. The van der Waals surface area contributed by atoms with Crippen LogP contribution in [0.4, 0.5) is 22.7 Å². The van der Waals surface area contributed by atoms with Gasteiger partial charge in [0.2, 0.25) is 0 Å². The lowest BCUT2D eigenvalue weighted by atomic mass is 10.00. The van der Waals surface area contributed by atoms with Crippen LogP contribution in [0.15, 0.2) is 141 Å². The fraction of sp³-hybridized carbons (Fsp3) is 0.0769. The summed E-state index contributed by atoms with van der Waals surface area (Å²) >= 11 is 55.2. The molecular formula is C52H36Cl8N4O4S2. The molecule has 0 aliphatic rings. The second kappa shape index (κ2) is 22.3. The number of rotatable bonds is 10. The van der Waals surface area contributed by atoms with Gasteiger partial charge in [-0.3, -0.25) is 20.2 Å². The standard InChI is InChI=1S/C26H16Cl4N2O4S.C26H20Cl4N2S/c1-13-23(9-7-19(27)25(13)17-5-3-15(31(33)34)11-21(17)29)37-24-10-8-20(28)26(14(24)2)18-6-4-16(32(35)36)12-22(18)30;1-13-23(9-7-19(27)25(13)17-5-3-15(31)11-21(17)29)33-24-10-8-20(28)26(14(24)2)18-6-4-16(32)12-22(18)30/h3-12H,1-2H3;3-12H,31-32H2,1-2H3. The van der Waals surface area contributed by atoms with Gasteiger partial charge in [0, 0.05) is 120 Å². The average molecular weight is 1130 g/mol. The van der Waals surface area contributed by atoms with Gasteiger partial charge in [0.25, 0.3) is 11.4 Å². The molecule has 18 heteroatoms. The Bertz CT molecular complexity index is 3210. The first-order chi connectivity index (χ1) is 33.2. The lowest BCUT2D eigenvalue weighted by Crippen LogP contribution is -1.94. The molecule has 0 amide bonds. The van der Waals surface area contributed by atoms with E-state index in [1.807, 2.05) is 88.4 Å². The zero-order valence-corrected chi connectivity index (χ0v) is 44.7. The van der Waals surface area contributed by atoms with Gasteiger partial charge < -0.3 is 11.5 Å². The molecule has 0 saturated heterocycles. The Morgan fingerprint density at radius 1 is 0.357 bits per heavy atom. The molecule has 4 N–H and O–H groups in total. The number of nitrogens with zero attached hydrogens (tertiary/aromatic N) is 2. The van der Waals surface area contributed by atoms with E-state index < -0.39 is 9.85 Å². The monoisotopic (exact) mass is 1120 g/mol. The van der Waals surface area contributed by atoms with Crippen LogP contribution in [0.25, 0.3) is 44.5 Å². The minimum atomic E-state index is -0.505. The summed E-state index contributed by atoms with van der Waals surface area (Å²) in [5.41, 5.74) is 22.5. The van der Waals surface area contributed by atoms with Crippen molar-refractivity contribution in [3.63, 3.8) is 0 Å². The number of nitrogens with two attached hydrogens (primary N) is 2. The number of hydrogen-bond donors (Lipinski definition) is 2. The summed E-state index contributed by atoms with van der Waals surface area (Å²) in [6.45, 7) is 7.89. The molecule has 8 rings (SSSR count). The maximum absolute atomic E-state index is 11.1. The Balaban J connectivity index is 0.000000208. The molecule has 70 heavy (non-hydrogen) atoms. The fourth-order valence-corrected chi connectivity index (χ4v) is 12.1. The second-order valence-electron chi connectivity index (χ2n) is 15.7. The topological polar surface area (TPSA) is 138 Å². The van der Waals surface area contributed by atoms with Crippen molar-refractivity contribution in [2.45, 2.75) is 47.3 Å². The smallest absolute Gasteiger partial charge is 0.270 e. The molecule has 0 saturated carbocycles. The van der Waals surface area contributed by atoms with Gasteiger partial charge in [-0.25, -0.2) is 0 Å². The van der Waals surface area contributed by atoms with E-state index in [1.165, 1.54) is 36.0 Å². The summed E-state index contributed by atoms with van der Waals surface area (Å²) in [4.78, 5) is 25.1. The molecule has 0 unspecified atom stereocenters. The number of nitro groups is 2. The lowest BCUT2D eigenvalue weighted by Gasteiger charge is -2.18. The maximum Gasteiger partial charge on any atom is 0.270 e. The molecule has 0 aromatic heterocycles. The van der Waals surface area contributed by atoms with Crippen LogP contribution in [-0.2, 0) is 0 Å². The summed E-state index contributed by atoms with van der Waals surface area (Å²) in [6.07, 6.45) is 0. The summed E-state index contributed by atoms with van der Waals surface area (Å²) in [5.74, 6) is 0. The number of non-ortho nitro benzene ring substituents is 2. The Hall–Kier alpha value is -4.82. The largest absolute Gasteiger partial charge is 0.399 e. The highest BCUT2D eigenvalue weighted by Crippen LogP contribution is 2.48. The summed E-state index contributed by atoms with van der Waals surface area (Å²) in [6, 6.07) is 34.6. The molecule has 0 radical (unpaired) electrons. The van der Waals surface area contributed by atoms with Gasteiger partial charge in [0.05, 0.1) is 29.9 Å². The molecule has 8 nitrogen and oxygen atoms in total. The predicted molar refractivity (Wildman–Crippen MR) is 297 cm³/mol. The zero-order valence-electron chi connectivity index (χ0n) is 37.1. The maximum atomic E-state index is 11.1. The van der Waals surface area contributed by atoms with Gasteiger partial charge >= 0.3 is 0 Å². The van der Waals surface area contributed by atoms with Crippen LogP contribution in [0.5, 0.6) is 0 Å². The molecule has 0 heterocycles. The Morgan fingerprint density at radius 3 is 0.829 bits per heavy atom. The number of benzene rings is 8. The van der Waals surface area contributed by atoms with E-state index >= 15 is 0 Å². The number of hydrogen-bond acceptors (Lipinski definition) is 8. The van der Waals surface area contributed by atoms with Crippen molar-refractivity contribution in [2.24, 2.45) is 0 Å². The van der Waals surface area contributed by atoms with Crippen molar-refractivity contribution in [1.29, 1.82) is 0 Å². The molecule has 356 valence electrons. The van der Waals surface area contributed by atoms with Gasteiger partial charge in [-0.1, -0.05) is 128 Å². The summed E-state index contributed by atoms with van der Waals surface area (Å²) < 4.78 is 0. The quantitative estimate of drug-likeness (QED) is 0.0784. The molecule has 0 aliphatic heterocycles. The first-order valence-corrected chi connectivity index (χ1v) is 25.3. The van der Waals surface area contributed by atoms with Crippen LogP contribution in [0.1, 0.15) is 22.3 Å². The van der Waals surface area contributed by atoms with Crippen LogP contribution in [0.2, 0.25) is 40.2 Å². The minimum Gasteiger partial charge on any atom is -0.399 e. The molecule has 0 fully saturated rings. The van der Waals surface area contributed by atoms with Crippen molar-refractivity contribution in [2.75, 3.05) is 11.5 Å². The van der Waals surface area contributed by atoms with Gasteiger partial charge in [0.15, 0.2) is 0 Å². The summed E-state index contributed by atoms with van der Waals surface area (Å²) in [5, 5.41) is 26.0. The van der Waals surface area contributed by atoms with Crippen LogP contribution in [-0.4, -0.2) is 9.85 Å². The molecule has 8 aromatic carbocycles. The highest BCUT2D eigenvalue weighted by atomic mass is 35.5. The van der Waals surface area contributed by atoms with Crippen molar-refractivity contribution in [3.8, 4) is 44.5 Å². The highest BCUT2D eigenvalue weighted by Gasteiger charge is 2.22. The minimum absolute atomic E-state index is 0.109. The van der Waals surface area contributed by atoms with Crippen LogP contribution < -0.4 is 11.5 Å². The number of nitro benzene ring substituents is 2. The van der Waals surface area contributed by atoms with Gasteiger partial charge in [-0.2, -0.15) is 0 Å². The van der Waals surface area contributed by atoms with Crippen LogP contribution in [0.3, 0.4) is 0 Å². The van der Waals surface area contributed by atoms with Crippen LogP contribution >= 0.6 is 116 Å². The zero-order chi connectivity index (χ0) is 50.9. The molecule has 8 aromatic rings. The van der Waals surface area contributed by atoms with Crippen molar-refractivity contribution < 1.29 is 9.85 Å². The van der Waals surface area contributed by atoms with Gasteiger partial charge in [-0.05, 0) is 135 Å². The van der Waals surface area contributed by atoms with E-state index in [1.54, 1.807) is 48.2 Å². The first kappa shape index (κ1) is 53.0. The Morgan fingerprint density at radius 2 is 0.600 bits per heavy atom. The van der Waals surface area contributed by atoms with Crippen LogP contribution in [0, 0.1) is 47.9 Å². The summed E-state index contributed by atoms with van der Waals surface area (Å²) in [7, 11) is 0. The normalized spacial score (nSPS) is 11.0. The van der Waals surface area contributed by atoms with E-state index in [0.717, 1.165) is 64.1 Å². The second-order valence-corrected chi connectivity index (χ2v) is 21.1. The van der Waals surface area contributed by atoms with E-state index in [2.05, 4.69) is 0 Å². The molecule has 0 atom stereocenters. The van der Waals surface area contributed by atoms with E-state index in [0.29, 0.717) is 63.8 Å². The third kappa shape index (κ3) is 11.3. The van der Waals surface area contributed by atoms with E-state index in [9.17, 15) is 20.2 Å². The SMILES string of the molecule is Cc1c(Sc2ccc(Cl)c(-c3ccc(N)cc3Cl)c2C)ccc(Cl)c1-c1ccc(N)cc1Cl.Cc1c(Sc2ccc(Cl)c(-c3ccc([N+](=O)[O-])cc3Cl)c2C)ccc(Cl)c1-c1ccc([N+](=O)[O-])cc1Cl.